The van der Waals surface area contributed by atoms with Gasteiger partial charge in [-0.05, 0) is 45.5 Å². The van der Waals surface area contributed by atoms with Crippen molar-refractivity contribution in [2.75, 3.05) is 0 Å². The van der Waals surface area contributed by atoms with E-state index in [9.17, 15) is 23.1 Å². The van der Waals surface area contributed by atoms with Gasteiger partial charge in [-0.25, -0.2) is 9.78 Å². The summed E-state index contributed by atoms with van der Waals surface area (Å²) in [5.74, 6) is -1.37. The van der Waals surface area contributed by atoms with E-state index in [1.165, 1.54) is 33.3 Å². The molecule has 0 aliphatic carbocycles. The van der Waals surface area contributed by atoms with Crippen LogP contribution in [-0.4, -0.2) is 20.5 Å². The monoisotopic (exact) mass is 394 g/mol. The smallest absolute Gasteiger partial charge is 0.420 e. The van der Waals surface area contributed by atoms with E-state index in [0.717, 1.165) is 6.07 Å². The Morgan fingerprint density at radius 3 is 2.27 bits per heavy atom. The summed E-state index contributed by atoms with van der Waals surface area (Å²) in [5, 5.41) is 16.4. The Morgan fingerprint density at radius 2 is 1.73 bits per heavy atom. The van der Waals surface area contributed by atoms with Gasteiger partial charge in [0.1, 0.15) is 0 Å². The van der Waals surface area contributed by atoms with E-state index >= 15 is 0 Å². The van der Waals surface area contributed by atoms with Crippen molar-refractivity contribution in [1.29, 1.82) is 0 Å². The van der Waals surface area contributed by atoms with Gasteiger partial charge in [0.2, 0.25) is 0 Å². The zero-order valence-corrected chi connectivity index (χ0v) is 14.5. The summed E-state index contributed by atoms with van der Waals surface area (Å²) in [4.78, 5) is 15.4. The maximum atomic E-state index is 13.6. The van der Waals surface area contributed by atoms with Crippen LogP contribution in [0.1, 0.15) is 16.1 Å². The van der Waals surface area contributed by atoms with Crippen LogP contribution in [0.15, 0.2) is 45.9 Å². The van der Waals surface area contributed by atoms with Crippen LogP contribution in [0.5, 0.6) is 0 Å². The van der Waals surface area contributed by atoms with Gasteiger partial charge in [-0.3, -0.25) is 4.40 Å². The Balaban J connectivity index is 2.14. The number of carbonyl (C=O) groups is 1. The normalized spacial score (nSPS) is 12.0. The minimum Gasteiger partial charge on any atom is -0.476 e. The van der Waals surface area contributed by atoms with E-state index in [1.807, 2.05) is 0 Å². The molecule has 0 aliphatic heterocycles. The molecule has 4 heterocycles. The largest absolute Gasteiger partial charge is 0.476 e. The SMILES string of the molecule is O=C(O)c1nc2c(C(F)(F)F)cc(-c3ccsc3)cn2c1-c1ccsc1. The highest BCUT2D eigenvalue weighted by Gasteiger charge is 2.36. The first-order chi connectivity index (χ1) is 12.4. The summed E-state index contributed by atoms with van der Waals surface area (Å²) in [7, 11) is 0. The summed E-state index contributed by atoms with van der Waals surface area (Å²) in [6.45, 7) is 0. The van der Waals surface area contributed by atoms with Crippen LogP contribution in [0.25, 0.3) is 28.0 Å². The second kappa shape index (κ2) is 5.96. The average Bonchev–Trinajstić information content (AvgIpc) is 3.31. The van der Waals surface area contributed by atoms with Crippen LogP contribution in [0.2, 0.25) is 0 Å². The molecule has 4 nitrogen and oxygen atoms in total. The molecule has 0 atom stereocenters. The lowest BCUT2D eigenvalue weighted by Crippen LogP contribution is -2.08. The Labute approximate surface area is 152 Å². The number of nitrogens with zero attached hydrogens (tertiary/aromatic N) is 2. The quantitative estimate of drug-likeness (QED) is 0.499. The molecule has 0 aromatic carbocycles. The molecule has 9 heteroatoms. The summed E-state index contributed by atoms with van der Waals surface area (Å²) >= 11 is 2.69. The molecule has 0 radical (unpaired) electrons. The Kier molecular flexibility index (Phi) is 3.85. The van der Waals surface area contributed by atoms with E-state index in [0.29, 0.717) is 16.7 Å². The van der Waals surface area contributed by atoms with Gasteiger partial charge in [0, 0.05) is 17.1 Å². The predicted molar refractivity (Wildman–Crippen MR) is 93.8 cm³/mol. The zero-order chi connectivity index (χ0) is 18.5. The van der Waals surface area contributed by atoms with Crippen molar-refractivity contribution >= 4 is 34.3 Å². The third kappa shape index (κ3) is 2.69. The number of fused-ring (bicyclic) bond motifs is 1. The van der Waals surface area contributed by atoms with Gasteiger partial charge in [0.25, 0.3) is 0 Å². The van der Waals surface area contributed by atoms with Gasteiger partial charge < -0.3 is 5.11 Å². The first-order valence-corrected chi connectivity index (χ1v) is 9.16. The molecule has 132 valence electrons. The summed E-state index contributed by atoms with van der Waals surface area (Å²) in [6, 6.07) is 4.38. The topological polar surface area (TPSA) is 54.6 Å². The first-order valence-electron chi connectivity index (χ1n) is 7.28. The number of aromatic carboxylic acids is 1. The number of pyridine rings is 1. The fourth-order valence-electron chi connectivity index (χ4n) is 2.76. The average molecular weight is 394 g/mol. The third-order valence-corrected chi connectivity index (χ3v) is 5.24. The second-order valence-corrected chi connectivity index (χ2v) is 7.03. The van der Waals surface area contributed by atoms with Crippen molar-refractivity contribution in [3.8, 4) is 22.4 Å². The standard InChI is InChI=1S/C17H9F3N2O2S2/c18-17(19,20)12-5-11(9-1-3-25-7-9)6-22-14(10-2-4-26-8-10)13(16(23)24)21-15(12)22/h1-8H,(H,23,24). The molecule has 0 fully saturated rings. The number of carboxylic acid groups (broad SMARTS) is 1. The molecule has 0 saturated carbocycles. The lowest BCUT2D eigenvalue weighted by molar-refractivity contribution is -0.136. The fraction of sp³-hybridized carbons (Fsp3) is 0.0588. The summed E-state index contributed by atoms with van der Waals surface area (Å²) < 4.78 is 42.1. The van der Waals surface area contributed by atoms with Crippen LogP contribution in [0.3, 0.4) is 0 Å². The van der Waals surface area contributed by atoms with E-state index in [-0.39, 0.29) is 5.69 Å². The Morgan fingerprint density at radius 1 is 1.08 bits per heavy atom. The molecule has 26 heavy (non-hydrogen) atoms. The van der Waals surface area contributed by atoms with Gasteiger partial charge >= 0.3 is 12.1 Å². The molecular weight excluding hydrogens is 385 g/mol. The predicted octanol–water partition coefficient (Wildman–Crippen LogP) is 5.51. The molecule has 0 unspecified atom stereocenters. The molecule has 0 aliphatic rings. The highest BCUT2D eigenvalue weighted by Crippen LogP contribution is 2.38. The summed E-state index contributed by atoms with van der Waals surface area (Å²) in [5.41, 5.74) is -0.176. The van der Waals surface area contributed by atoms with Gasteiger partial charge in [-0.15, -0.1) is 0 Å². The Bertz CT molecular complexity index is 1100. The number of hydrogen-bond donors (Lipinski definition) is 1. The van der Waals surface area contributed by atoms with E-state index in [2.05, 4.69) is 4.98 Å². The zero-order valence-electron chi connectivity index (χ0n) is 12.8. The van der Waals surface area contributed by atoms with Crippen LogP contribution >= 0.6 is 22.7 Å². The Hall–Kier alpha value is -2.65. The minimum absolute atomic E-state index is 0.135. The second-order valence-electron chi connectivity index (χ2n) is 5.47. The molecule has 0 saturated heterocycles. The highest BCUT2D eigenvalue weighted by molar-refractivity contribution is 7.08. The lowest BCUT2D eigenvalue weighted by Gasteiger charge is -2.11. The summed E-state index contributed by atoms with van der Waals surface area (Å²) in [6.07, 6.45) is -3.17. The van der Waals surface area contributed by atoms with Crippen molar-refractivity contribution in [3.05, 3.63) is 57.2 Å². The van der Waals surface area contributed by atoms with E-state index in [1.54, 1.807) is 33.7 Å². The van der Waals surface area contributed by atoms with Crippen LogP contribution < -0.4 is 0 Å². The van der Waals surface area contributed by atoms with Gasteiger partial charge in [-0.2, -0.15) is 35.8 Å². The van der Waals surface area contributed by atoms with Gasteiger partial charge in [0.15, 0.2) is 11.3 Å². The van der Waals surface area contributed by atoms with Crippen LogP contribution in [0.4, 0.5) is 13.2 Å². The van der Waals surface area contributed by atoms with E-state index in [4.69, 9.17) is 0 Å². The number of carboxylic acids is 1. The number of rotatable bonds is 3. The maximum Gasteiger partial charge on any atom is 0.420 e. The highest BCUT2D eigenvalue weighted by atomic mass is 32.1. The lowest BCUT2D eigenvalue weighted by atomic mass is 10.1. The molecule has 1 N–H and O–H groups in total. The molecule has 4 rings (SSSR count). The fourth-order valence-corrected chi connectivity index (χ4v) is 4.07. The third-order valence-electron chi connectivity index (χ3n) is 3.88. The van der Waals surface area contributed by atoms with Crippen molar-refractivity contribution in [2.45, 2.75) is 6.18 Å². The van der Waals surface area contributed by atoms with Crippen molar-refractivity contribution in [2.24, 2.45) is 0 Å². The van der Waals surface area contributed by atoms with Crippen molar-refractivity contribution < 1.29 is 23.1 Å². The van der Waals surface area contributed by atoms with Gasteiger partial charge in [0.05, 0.1) is 11.3 Å². The number of imidazole rings is 1. The molecule has 0 spiro atoms. The number of alkyl halides is 3. The molecular formula is C17H9F3N2O2S2. The maximum absolute atomic E-state index is 13.6. The molecule has 4 aromatic heterocycles. The van der Waals surface area contributed by atoms with Crippen LogP contribution in [-0.2, 0) is 6.18 Å². The number of thiophene rings is 2. The number of hydrogen-bond acceptors (Lipinski definition) is 4. The molecule has 0 amide bonds. The van der Waals surface area contributed by atoms with Crippen molar-refractivity contribution in [3.63, 3.8) is 0 Å². The molecule has 4 aromatic rings. The molecule has 0 bridgehead atoms. The van der Waals surface area contributed by atoms with Gasteiger partial charge in [-0.1, -0.05) is 0 Å². The van der Waals surface area contributed by atoms with Crippen molar-refractivity contribution in [1.82, 2.24) is 9.38 Å². The number of aromatic nitrogens is 2. The first kappa shape index (κ1) is 16.8. The van der Waals surface area contributed by atoms with E-state index < -0.39 is 29.1 Å². The minimum atomic E-state index is -4.67. The van der Waals surface area contributed by atoms with Crippen LogP contribution in [0, 0.1) is 0 Å². The number of halogens is 3.